The lowest BCUT2D eigenvalue weighted by molar-refractivity contribution is 0.490. The maximum atomic E-state index is 10.8. The Kier molecular flexibility index (Phi) is 3.50. The second-order valence-electron chi connectivity index (χ2n) is 3.61. The van der Waals surface area contributed by atoms with Crippen LogP contribution >= 0.6 is 0 Å². The SMILES string of the molecule is O=S(=O)(O)Nc1ccccc1Nc1ccccc1. The lowest BCUT2D eigenvalue weighted by atomic mass is 10.2. The highest BCUT2D eigenvalue weighted by molar-refractivity contribution is 7.87. The van der Waals surface area contributed by atoms with Crippen LogP contribution in [-0.2, 0) is 10.3 Å². The van der Waals surface area contributed by atoms with Crippen molar-refractivity contribution < 1.29 is 13.0 Å². The molecule has 0 spiro atoms. The van der Waals surface area contributed by atoms with Gasteiger partial charge in [0.05, 0.1) is 11.4 Å². The Morgan fingerprint density at radius 2 is 1.39 bits per heavy atom. The van der Waals surface area contributed by atoms with Gasteiger partial charge in [0.15, 0.2) is 0 Å². The van der Waals surface area contributed by atoms with Gasteiger partial charge in [-0.25, -0.2) is 0 Å². The first kappa shape index (κ1) is 12.4. The maximum absolute atomic E-state index is 10.8. The summed E-state index contributed by atoms with van der Waals surface area (Å²) in [4.78, 5) is 0. The summed E-state index contributed by atoms with van der Waals surface area (Å²) in [5, 5.41) is 3.06. The van der Waals surface area contributed by atoms with Crippen molar-refractivity contribution in [2.45, 2.75) is 0 Å². The topological polar surface area (TPSA) is 78.4 Å². The van der Waals surface area contributed by atoms with Crippen molar-refractivity contribution in [3.8, 4) is 0 Å². The second kappa shape index (κ2) is 5.07. The van der Waals surface area contributed by atoms with Crippen LogP contribution in [0.1, 0.15) is 0 Å². The molecule has 94 valence electrons. The summed E-state index contributed by atoms with van der Waals surface area (Å²) in [6.45, 7) is 0. The predicted octanol–water partition coefficient (Wildman–Crippen LogP) is 2.64. The quantitative estimate of drug-likeness (QED) is 0.742. The molecule has 0 saturated heterocycles. The molecule has 0 heterocycles. The molecule has 0 saturated carbocycles. The van der Waals surface area contributed by atoms with Gasteiger partial charge in [-0.05, 0) is 24.3 Å². The molecule has 0 unspecified atom stereocenters. The first-order valence-corrected chi connectivity index (χ1v) is 6.65. The summed E-state index contributed by atoms with van der Waals surface area (Å²) in [7, 11) is -4.28. The lowest BCUT2D eigenvalue weighted by Crippen LogP contribution is -2.11. The van der Waals surface area contributed by atoms with Gasteiger partial charge in [0.1, 0.15) is 0 Å². The second-order valence-corrected chi connectivity index (χ2v) is 4.77. The van der Waals surface area contributed by atoms with Crippen molar-refractivity contribution in [3.05, 3.63) is 54.6 Å². The third-order valence-electron chi connectivity index (χ3n) is 2.22. The van der Waals surface area contributed by atoms with Gasteiger partial charge in [0.25, 0.3) is 0 Å². The molecule has 5 nitrogen and oxygen atoms in total. The molecule has 0 aromatic heterocycles. The fourth-order valence-corrected chi connectivity index (χ4v) is 1.95. The lowest BCUT2D eigenvalue weighted by Gasteiger charge is -2.11. The van der Waals surface area contributed by atoms with Crippen molar-refractivity contribution in [1.29, 1.82) is 0 Å². The molecule has 0 radical (unpaired) electrons. The number of hydrogen-bond acceptors (Lipinski definition) is 3. The van der Waals surface area contributed by atoms with Crippen LogP contribution in [0.15, 0.2) is 54.6 Å². The van der Waals surface area contributed by atoms with E-state index >= 15 is 0 Å². The fourth-order valence-electron chi connectivity index (χ4n) is 1.50. The van der Waals surface area contributed by atoms with Crippen LogP contribution in [-0.4, -0.2) is 13.0 Å². The average molecular weight is 264 g/mol. The molecule has 2 aromatic rings. The summed E-state index contributed by atoms with van der Waals surface area (Å²) < 4.78 is 32.5. The summed E-state index contributed by atoms with van der Waals surface area (Å²) in [5.41, 5.74) is 1.66. The zero-order valence-electron chi connectivity index (χ0n) is 9.37. The van der Waals surface area contributed by atoms with Crippen LogP contribution in [0.2, 0.25) is 0 Å². The summed E-state index contributed by atoms with van der Waals surface area (Å²) in [6.07, 6.45) is 0. The van der Waals surface area contributed by atoms with Crippen molar-refractivity contribution in [3.63, 3.8) is 0 Å². The van der Waals surface area contributed by atoms with E-state index in [1.54, 1.807) is 24.3 Å². The van der Waals surface area contributed by atoms with Crippen LogP contribution in [0.5, 0.6) is 0 Å². The summed E-state index contributed by atoms with van der Waals surface area (Å²) in [5.74, 6) is 0. The summed E-state index contributed by atoms with van der Waals surface area (Å²) >= 11 is 0. The van der Waals surface area contributed by atoms with Gasteiger partial charge < -0.3 is 5.32 Å². The average Bonchev–Trinajstić information content (AvgIpc) is 2.31. The Bertz CT molecular complexity index is 627. The van der Waals surface area contributed by atoms with E-state index in [4.69, 9.17) is 4.55 Å². The Morgan fingerprint density at radius 1 is 0.833 bits per heavy atom. The van der Waals surface area contributed by atoms with E-state index < -0.39 is 10.3 Å². The molecule has 0 amide bonds. The van der Waals surface area contributed by atoms with Gasteiger partial charge in [0, 0.05) is 5.69 Å². The smallest absolute Gasteiger partial charge is 0.354 e. The Hall–Kier alpha value is -2.05. The predicted molar refractivity (Wildman–Crippen MR) is 71.3 cm³/mol. The van der Waals surface area contributed by atoms with Gasteiger partial charge in [-0.2, -0.15) is 8.42 Å². The van der Waals surface area contributed by atoms with E-state index in [0.29, 0.717) is 5.69 Å². The molecule has 3 N–H and O–H groups in total. The minimum Gasteiger partial charge on any atom is -0.354 e. The van der Waals surface area contributed by atoms with Crippen molar-refractivity contribution in [2.24, 2.45) is 0 Å². The Labute approximate surface area is 105 Å². The van der Waals surface area contributed by atoms with Gasteiger partial charge in [-0.1, -0.05) is 30.3 Å². The van der Waals surface area contributed by atoms with Gasteiger partial charge in [0.2, 0.25) is 0 Å². The zero-order valence-corrected chi connectivity index (χ0v) is 10.2. The number of rotatable bonds is 4. The minimum atomic E-state index is -4.28. The van der Waals surface area contributed by atoms with Crippen LogP contribution < -0.4 is 10.0 Å². The van der Waals surface area contributed by atoms with Gasteiger partial charge in [-0.3, -0.25) is 9.27 Å². The normalized spacial score (nSPS) is 10.9. The summed E-state index contributed by atoms with van der Waals surface area (Å²) in [6, 6.07) is 16.0. The van der Waals surface area contributed by atoms with E-state index in [0.717, 1.165) is 5.69 Å². The molecule has 0 fully saturated rings. The molecular formula is C12H12N2O3S. The minimum absolute atomic E-state index is 0.281. The highest BCUT2D eigenvalue weighted by atomic mass is 32.2. The molecule has 0 aliphatic carbocycles. The van der Waals surface area contributed by atoms with Crippen LogP contribution in [0.25, 0.3) is 0 Å². The Morgan fingerprint density at radius 3 is 2.00 bits per heavy atom. The Balaban J connectivity index is 2.28. The molecule has 0 atom stereocenters. The molecule has 0 aliphatic heterocycles. The third kappa shape index (κ3) is 3.47. The van der Waals surface area contributed by atoms with Crippen molar-refractivity contribution >= 4 is 27.4 Å². The van der Waals surface area contributed by atoms with E-state index in [9.17, 15) is 8.42 Å². The van der Waals surface area contributed by atoms with Crippen LogP contribution in [0.3, 0.4) is 0 Å². The van der Waals surface area contributed by atoms with E-state index in [2.05, 4.69) is 5.32 Å². The molecule has 0 aliphatic rings. The van der Waals surface area contributed by atoms with Gasteiger partial charge in [-0.15, -0.1) is 0 Å². The maximum Gasteiger partial charge on any atom is 0.357 e. The number of para-hydroxylation sites is 3. The van der Waals surface area contributed by atoms with E-state index in [1.165, 1.54) is 0 Å². The zero-order chi connectivity index (χ0) is 13.0. The van der Waals surface area contributed by atoms with Crippen molar-refractivity contribution in [2.75, 3.05) is 10.0 Å². The standard InChI is InChI=1S/C12H12N2O3S/c15-18(16,17)14-12-9-5-4-8-11(12)13-10-6-2-1-3-7-10/h1-9,13-14H,(H,15,16,17). The largest absolute Gasteiger partial charge is 0.357 e. The molecular weight excluding hydrogens is 252 g/mol. The molecule has 2 aromatic carbocycles. The van der Waals surface area contributed by atoms with Crippen molar-refractivity contribution in [1.82, 2.24) is 0 Å². The molecule has 2 rings (SSSR count). The molecule has 6 heteroatoms. The number of benzene rings is 2. The van der Waals surface area contributed by atoms with E-state index in [1.807, 2.05) is 35.1 Å². The van der Waals surface area contributed by atoms with Gasteiger partial charge >= 0.3 is 10.3 Å². The highest BCUT2D eigenvalue weighted by Gasteiger charge is 2.08. The van der Waals surface area contributed by atoms with Crippen LogP contribution in [0, 0.1) is 0 Å². The first-order chi connectivity index (χ1) is 8.54. The fraction of sp³-hybridized carbons (Fsp3) is 0. The first-order valence-electron chi connectivity index (χ1n) is 5.21. The monoisotopic (exact) mass is 264 g/mol. The highest BCUT2D eigenvalue weighted by Crippen LogP contribution is 2.25. The third-order valence-corrected chi connectivity index (χ3v) is 2.70. The molecule has 18 heavy (non-hydrogen) atoms. The molecule has 0 bridgehead atoms. The number of nitrogens with one attached hydrogen (secondary N) is 2. The number of anilines is 3. The number of hydrogen-bond donors (Lipinski definition) is 3. The van der Waals surface area contributed by atoms with Crippen LogP contribution in [0.4, 0.5) is 17.1 Å². The van der Waals surface area contributed by atoms with E-state index in [-0.39, 0.29) is 5.69 Å².